The van der Waals surface area contributed by atoms with Gasteiger partial charge in [0, 0.05) is 24.4 Å². The van der Waals surface area contributed by atoms with Gasteiger partial charge in [0.15, 0.2) is 5.82 Å². The first-order chi connectivity index (χ1) is 17.6. The summed E-state index contributed by atoms with van der Waals surface area (Å²) in [5, 5.41) is 7.27. The monoisotopic (exact) mass is 483 g/mol. The molecule has 182 valence electrons. The lowest BCUT2D eigenvalue weighted by molar-refractivity contribution is -0.146. The number of aromatic nitrogens is 3. The lowest BCUT2D eigenvalue weighted by Gasteiger charge is -2.18. The number of hydrogen-bond acceptors (Lipinski definition) is 6. The quantitative estimate of drug-likeness (QED) is 0.265. The smallest absolute Gasteiger partial charge is 0.313 e. The van der Waals surface area contributed by atoms with Crippen LogP contribution in [0.1, 0.15) is 22.8 Å². The summed E-state index contributed by atoms with van der Waals surface area (Å²) in [6.07, 6.45) is 3.39. The number of hydrogen-bond donors (Lipinski definition) is 2. The van der Waals surface area contributed by atoms with E-state index in [0.29, 0.717) is 5.82 Å². The number of benzene rings is 2. The molecule has 0 aliphatic carbocycles. The average molecular weight is 484 g/mol. The molecule has 0 fully saturated rings. The number of amides is 2. The van der Waals surface area contributed by atoms with Gasteiger partial charge in [-0.25, -0.2) is 15.1 Å². The number of rotatable bonds is 10. The van der Waals surface area contributed by atoms with Gasteiger partial charge in [0.2, 0.25) is 5.78 Å². The second kappa shape index (κ2) is 11.7. The zero-order chi connectivity index (χ0) is 25.3. The van der Waals surface area contributed by atoms with Crippen molar-refractivity contribution in [1.29, 1.82) is 0 Å². The molecule has 4 aromatic rings. The topological polar surface area (TPSA) is 115 Å². The van der Waals surface area contributed by atoms with Gasteiger partial charge in [0.25, 0.3) is 5.91 Å². The standard InChI is InChI=1S/C27H25N5O4/c1-2-36-31-27(35)24(33)23(18-19-10-5-3-6-11-19)29-26(34)21-14-9-16-28-25(21)32-17-15-22(30-32)20-12-7-4-8-13-20/h3-17,23H,2,18H2,1H3,(H,29,34)(H,31,35)/t23-/m0/s1. The number of hydroxylamine groups is 1. The largest absolute Gasteiger partial charge is 0.341 e. The number of nitrogens with one attached hydrogen (secondary N) is 2. The second-order valence-electron chi connectivity index (χ2n) is 7.83. The van der Waals surface area contributed by atoms with Gasteiger partial charge < -0.3 is 5.32 Å². The summed E-state index contributed by atoms with van der Waals surface area (Å²) in [7, 11) is 0. The molecule has 0 radical (unpaired) electrons. The fraction of sp³-hybridized carbons (Fsp3) is 0.148. The number of Topliss-reactive ketones (excluding diaryl/α,β-unsaturated/α-hetero) is 1. The molecule has 4 rings (SSSR count). The van der Waals surface area contributed by atoms with Gasteiger partial charge in [0.1, 0.15) is 6.04 Å². The fourth-order valence-corrected chi connectivity index (χ4v) is 3.60. The van der Waals surface area contributed by atoms with E-state index in [2.05, 4.69) is 20.9 Å². The highest BCUT2D eigenvalue weighted by atomic mass is 16.6. The van der Waals surface area contributed by atoms with Crippen molar-refractivity contribution >= 4 is 17.6 Å². The molecule has 0 aliphatic rings. The maximum atomic E-state index is 13.3. The highest BCUT2D eigenvalue weighted by Crippen LogP contribution is 2.19. The van der Waals surface area contributed by atoms with E-state index in [1.54, 1.807) is 31.5 Å². The molecule has 2 aromatic heterocycles. The van der Waals surface area contributed by atoms with E-state index in [9.17, 15) is 14.4 Å². The molecule has 2 aromatic carbocycles. The Morgan fingerprint density at radius 1 is 0.944 bits per heavy atom. The average Bonchev–Trinajstić information content (AvgIpc) is 3.42. The van der Waals surface area contributed by atoms with Gasteiger partial charge >= 0.3 is 5.91 Å². The molecule has 0 unspecified atom stereocenters. The molecular formula is C27H25N5O4. The number of pyridine rings is 1. The third kappa shape index (κ3) is 5.89. The van der Waals surface area contributed by atoms with Gasteiger partial charge in [-0.05, 0) is 30.7 Å². The summed E-state index contributed by atoms with van der Waals surface area (Å²) in [6, 6.07) is 22.7. The van der Waals surface area contributed by atoms with Crippen LogP contribution >= 0.6 is 0 Å². The molecule has 0 aliphatic heterocycles. The van der Waals surface area contributed by atoms with Gasteiger partial charge in [-0.1, -0.05) is 60.7 Å². The number of carbonyl (C=O) groups excluding carboxylic acids is 3. The first-order valence-corrected chi connectivity index (χ1v) is 11.4. The normalized spacial score (nSPS) is 11.5. The van der Waals surface area contributed by atoms with Crippen LogP contribution in [0.3, 0.4) is 0 Å². The molecule has 36 heavy (non-hydrogen) atoms. The molecule has 0 saturated heterocycles. The summed E-state index contributed by atoms with van der Waals surface area (Å²) in [5.41, 5.74) is 4.73. The fourth-order valence-electron chi connectivity index (χ4n) is 3.60. The minimum Gasteiger partial charge on any atom is -0.341 e. The van der Waals surface area contributed by atoms with Crippen LogP contribution < -0.4 is 10.8 Å². The Kier molecular flexibility index (Phi) is 7.94. The van der Waals surface area contributed by atoms with Crippen LogP contribution in [0, 0.1) is 0 Å². The Labute approximate surface area is 208 Å². The number of nitrogens with zero attached hydrogens (tertiary/aromatic N) is 3. The van der Waals surface area contributed by atoms with E-state index in [1.165, 1.54) is 4.68 Å². The van der Waals surface area contributed by atoms with Gasteiger partial charge in [-0.15, -0.1) is 0 Å². The van der Waals surface area contributed by atoms with Crippen LogP contribution in [0.25, 0.3) is 17.1 Å². The van der Waals surface area contributed by atoms with E-state index >= 15 is 0 Å². The van der Waals surface area contributed by atoms with Gasteiger partial charge in [-0.2, -0.15) is 5.10 Å². The van der Waals surface area contributed by atoms with Crippen molar-refractivity contribution < 1.29 is 19.2 Å². The van der Waals surface area contributed by atoms with Crippen molar-refractivity contribution in [2.24, 2.45) is 0 Å². The molecule has 0 spiro atoms. The minimum absolute atomic E-state index is 0.125. The zero-order valence-corrected chi connectivity index (χ0v) is 19.6. The maximum absolute atomic E-state index is 13.3. The van der Waals surface area contributed by atoms with Gasteiger partial charge in [-0.3, -0.25) is 19.2 Å². The highest BCUT2D eigenvalue weighted by molar-refractivity contribution is 6.38. The number of ketones is 1. The lowest BCUT2D eigenvalue weighted by atomic mass is 10.0. The number of carbonyl (C=O) groups is 3. The Morgan fingerprint density at radius 2 is 1.67 bits per heavy atom. The SMILES string of the molecule is CCONC(=O)C(=O)[C@H](Cc1ccccc1)NC(=O)c1cccnc1-n1ccc(-c2ccccc2)n1. The van der Waals surface area contributed by atoms with Crippen molar-refractivity contribution in [1.82, 2.24) is 25.6 Å². The molecule has 1 atom stereocenters. The van der Waals surface area contributed by atoms with Crippen molar-refractivity contribution in [2.75, 3.05) is 6.61 Å². The zero-order valence-electron chi connectivity index (χ0n) is 19.6. The minimum atomic E-state index is -1.12. The van der Waals surface area contributed by atoms with Crippen molar-refractivity contribution in [3.63, 3.8) is 0 Å². The van der Waals surface area contributed by atoms with Gasteiger partial charge in [0.05, 0.1) is 17.9 Å². The molecule has 9 nitrogen and oxygen atoms in total. The Morgan fingerprint density at radius 3 is 2.39 bits per heavy atom. The summed E-state index contributed by atoms with van der Waals surface area (Å²) in [4.78, 5) is 47.8. The van der Waals surface area contributed by atoms with Crippen molar-refractivity contribution in [3.05, 3.63) is 102 Å². The molecule has 9 heteroatoms. The molecule has 2 N–H and O–H groups in total. The van der Waals surface area contributed by atoms with E-state index in [1.807, 2.05) is 66.7 Å². The summed E-state index contributed by atoms with van der Waals surface area (Å²) >= 11 is 0. The molecule has 2 heterocycles. The Hall–Kier alpha value is -4.63. The Balaban J connectivity index is 1.60. The van der Waals surface area contributed by atoms with E-state index in [0.717, 1.165) is 16.8 Å². The predicted octanol–water partition coefficient (Wildman–Crippen LogP) is 2.91. The maximum Gasteiger partial charge on any atom is 0.313 e. The summed E-state index contributed by atoms with van der Waals surface area (Å²) in [6.45, 7) is 1.87. The van der Waals surface area contributed by atoms with E-state index < -0.39 is 23.6 Å². The van der Waals surface area contributed by atoms with E-state index in [4.69, 9.17) is 4.84 Å². The molecule has 2 amide bonds. The van der Waals surface area contributed by atoms with Crippen LogP contribution in [0.15, 0.2) is 91.3 Å². The van der Waals surface area contributed by atoms with E-state index in [-0.39, 0.29) is 18.6 Å². The van der Waals surface area contributed by atoms with Crippen molar-refractivity contribution in [3.8, 4) is 17.1 Å². The summed E-state index contributed by atoms with van der Waals surface area (Å²) in [5.74, 6) is -2.03. The third-order valence-electron chi connectivity index (χ3n) is 5.34. The second-order valence-corrected chi connectivity index (χ2v) is 7.83. The van der Waals surface area contributed by atoms with Crippen LogP contribution in [0.5, 0.6) is 0 Å². The molecule has 0 saturated carbocycles. The summed E-state index contributed by atoms with van der Waals surface area (Å²) < 4.78 is 1.51. The molecular weight excluding hydrogens is 458 g/mol. The first-order valence-electron chi connectivity index (χ1n) is 11.4. The molecule has 0 bridgehead atoms. The Bertz CT molecular complexity index is 1340. The van der Waals surface area contributed by atoms with Crippen molar-refractivity contribution in [2.45, 2.75) is 19.4 Å². The van der Waals surface area contributed by atoms with Crippen LogP contribution in [0.2, 0.25) is 0 Å². The van der Waals surface area contributed by atoms with Crippen LogP contribution in [-0.2, 0) is 20.8 Å². The van der Waals surface area contributed by atoms with Crippen LogP contribution in [0.4, 0.5) is 0 Å². The lowest BCUT2D eigenvalue weighted by Crippen LogP contribution is -2.48. The first kappa shape index (κ1) is 24.5. The van der Waals surface area contributed by atoms with Crippen LogP contribution in [-0.4, -0.2) is 45.0 Å². The predicted molar refractivity (Wildman–Crippen MR) is 133 cm³/mol. The third-order valence-corrected chi connectivity index (χ3v) is 5.34. The highest BCUT2D eigenvalue weighted by Gasteiger charge is 2.29.